The van der Waals surface area contributed by atoms with Crippen molar-refractivity contribution in [2.75, 3.05) is 13.7 Å². The van der Waals surface area contributed by atoms with Gasteiger partial charge < -0.3 is 14.9 Å². The van der Waals surface area contributed by atoms with Gasteiger partial charge in [-0.25, -0.2) is 4.79 Å². The van der Waals surface area contributed by atoms with Gasteiger partial charge in [-0.2, -0.15) is 0 Å². The molecule has 0 aliphatic rings. The van der Waals surface area contributed by atoms with E-state index in [1.54, 1.807) is 19.2 Å². The van der Waals surface area contributed by atoms with Gasteiger partial charge in [0, 0.05) is 16.8 Å². The molecule has 0 aliphatic carbocycles. The average Bonchev–Trinajstić information content (AvgIpc) is 2.28. The van der Waals surface area contributed by atoms with Crippen LogP contribution in [0.5, 0.6) is 5.75 Å². The topological polar surface area (TPSA) is 66.8 Å². The third-order valence-corrected chi connectivity index (χ3v) is 3.51. The number of carbonyl (C=O) groups is 1. The van der Waals surface area contributed by atoms with Crippen molar-refractivity contribution >= 4 is 17.7 Å². The van der Waals surface area contributed by atoms with Crippen LogP contribution in [0.15, 0.2) is 23.1 Å². The molecule has 0 aromatic heterocycles. The number of carboxylic acid groups (broad SMARTS) is 1. The largest absolute Gasteiger partial charge is 0.497 e. The number of hydrogen-bond donors (Lipinski definition) is 2. The molecule has 0 heterocycles. The van der Waals surface area contributed by atoms with Crippen LogP contribution in [0.1, 0.15) is 23.7 Å². The molecule has 0 saturated heterocycles. The van der Waals surface area contributed by atoms with Gasteiger partial charge in [0.15, 0.2) is 0 Å². The Morgan fingerprint density at radius 1 is 1.53 bits per heavy atom. The summed E-state index contributed by atoms with van der Waals surface area (Å²) in [5, 5.41) is 18.1. The molecule has 0 fully saturated rings. The second-order valence-electron chi connectivity index (χ2n) is 3.61. The Labute approximate surface area is 105 Å². The van der Waals surface area contributed by atoms with E-state index >= 15 is 0 Å². The van der Waals surface area contributed by atoms with E-state index in [-0.39, 0.29) is 17.4 Å². The highest BCUT2D eigenvalue weighted by atomic mass is 32.2. The molecule has 17 heavy (non-hydrogen) atoms. The number of carboxylic acids is 1. The Morgan fingerprint density at radius 3 is 2.76 bits per heavy atom. The minimum Gasteiger partial charge on any atom is -0.497 e. The van der Waals surface area contributed by atoms with Gasteiger partial charge in [-0.15, -0.1) is 11.8 Å². The molecule has 0 radical (unpaired) electrons. The summed E-state index contributed by atoms with van der Waals surface area (Å²) in [7, 11) is 1.54. The molecule has 94 valence electrons. The van der Waals surface area contributed by atoms with Crippen molar-refractivity contribution < 1.29 is 19.7 Å². The fraction of sp³-hybridized carbons (Fsp3) is 0.417. The van der Waals surface area contributed by atoms with Gasteiger partial charge in [0.1, 0.15) is 5.75 Å². The molecule has 0 amide bonds. The standard InChI is InChI=1S/C12H16O4S/c1-8(5-6-13)17-11-7-9(16-2)3-4-10(11)12(14)15/h3-4,7-8,13H,5-6H2,1-2H3,(H,14,15). The fourth-order valence-electron chi connectivity index (χ4n) is 1.36. The maximum Gasteiger partial charge on any atom is 0.336 e. The molecule has 0 aliphatic heterocycles. The van der Waals surface area contributed by atoms with Crippen LogP contribution in [0.2, 0.25) is 0 Å². The maximum absolute atomic E-state index is 11.1. The third-order valence-electron chi connectivity index (χ3n) is 2.28. The summed E-state index contributed by atoms with van der Waals surface area (Å²) in [6, 6.07) is 4.88. The Balaban J connectivity index is 2.96. The average molecular weight is 256 g/mol. The lowest BCUT2D eigenvalue weighted by Crippen LogP contribution is -2.04. The molecule has 4 nitrogen and oxygen atoms in total. The van der Waals surface area contributed by atoms with E-state index in [1.165, 1.54) is 17.8 Å². The summed E-state index contributed by atoms with van der Waals surface area (Å²) in [5.74, 6) is -0.319. The van der Waals surface area contributed by atoms with Crippen LogP contribution in [0.3, 0.4) is 0 Å². The molecule has 0 bridgehead atoms. The van der Waals surface area contributed by atoms with Crippen molar-refractivity contribution in [2.24, 2.45) is 0 Å². The summed E-state index contributed by atoms with van der Waals surface area (Å²) in [4.78, 5) is 11.7. The summed E-state index contributed by atoms with van der Waals surface area (Å²) < 4.78 is 5.08. The van der Waals surface area contributed by atoms with Crippen LogP contribution >= 0.6 is 11.8 Å². The Hall–Kier alpha value is -1.20. The Morgan fingerprint density at radius 2 is 2.24 bits per heavy atom. The van der Waals surface area contributed by atoms with Gasteiger partial charge in [0.25, 0.3) is 0 Å². The quantitative estimate of drug-likeness (QED) is 0.764. The molecule has 0 spiro atoms. The minimum absolute atomic E-state index is 0.0978. The van der Waals surface area contributed by atoms with E-state index in [2.05, 4.69) is 0 Å². The van der Waals surface area contributed by atoms with E-state index in [0.29, 0.717) is 17.1 Å². The zero-order valence-corrected chi connectivity index (χ0v) is 10.7. The van der Waals surface area contributed by atoms with Crippen molar-refractivity contribution in [1.29, 1.82) is 0 Å². The SMILES string of the molecule is COc1ccc(C(=O)O)c(SC(C)CCO)c1. The van der Waals surface area contributed by atoms with Crippen LogP contribution in [0, 0.1) is 0 Å². The van der Waals surface area contributed by atoms with E-state index in [9.17, 15) is 4.79 Å². The van der Waals surface area contributed by atoms with Crippen molar-refractivity contribution in [3.8, 4) is 5.75 Å². The van der Waals surface area contributed by atoms with Gasteiger partial charge in [-0.05, 0) is 24.6 Å². The number of hydrogen-bond acceptors (Lipinski definition) is 4. The van der Waals surface area contributed by atoms with Crippen molar-refractivity contribution in [3.63, 3.8) is 0 Å². The highest BCUT2D eigenvalue weighted by Crippen LogP contribution is 2.31. The molecule has 0 saturated carbocycles. The normalized spacial score (nSPS) is 12.2. The molecule has 1 aromatic carbocycles. The number of ether oxygens (including phenoxy) is 1. The number of rotatable bonds is 6. The van der Waals surface area contributed by atoms with E-state index < -0.39 is 5.97 Å². The zero-order chi connectivity index (χ0) is 12.8. The lowest BCUT2D eigenvalue weighted by molar-refractivity contribution is 0.0693. The predicted octanol–water partition coefficient (Wildman–Crippen LogP) is 2.26. The summed E-state index contributed by atoms with van der Waals surface area (Å²) in [5.41, 5.74) is 0.264. The number of thioether (sulfide) groups is 1. The summed E-state index contributed by atoms with van der Waals surface area (Å²) in [6.07, 6.45) is 0.626. The zero-order valence-electron chi connectivity index (χ0n) is 9.84. The van der Waals surface area contributed by atoms with Gasteiger partial charge in [-0.1, -0.05) is 6.92 Å². The Kier molecular flexibility index (Phi) is 5.31. The van der Waals surface area contributed by atoms with Crippen molar-refractivity contribution in [1.82, 2.24) is 0 Å². The van der Waals surface area contributed by atoms with Gasteiger partial charge in [0.05, 0.1) is 12.7 Å². The second-order valence-corrected chi connectivity index (χ2v) is 5.09. The second kappa shape index (κ2) is 6.51. The molecule has 1 aromatic rings. The first-order chi connectivity index (χ1) is 8.08. The van der Waals surface area contributed by atoms with Crippen LogP contribution in [0.25, 0.3) is 0 Å². The monoisotopic (exact) mass is 256 g/mol. The third kappa shape index (κ3) is 3.94. The lowest BCUT2D eigenvalue weighted by Gasteiger charge is -2.12. The first-order valence-corrected chi connectivity index (χ1v) is 6.15. The molecule has 1 atom stereocenters. The molecule has 1 rings (SSSR count). The highest BCUT2D eigenvalue weighted by Gasteiger charge is 2.14. The predicted molar refractivity (Wildman–Crippen MR) is 67.0 cm³/mol. The van der Waals surface area contributed by atoms with E-state index in [1.807, 2.05) is 6.92 Å². The number of aromatic carboxylic acids is 1. The highest BCUT2D eigenvalue weighted by molar-refractivity contribution is 8.00. The van der Waals surface area contributed by atoms with Crippen LogP contribution in [-0.2, 0) is 0 Å². The molecule has 5 heteroatoms. The molecular weight excluding hydrogens is 240 g/mol. The van der Waals surface area contributed by atoms with Gasteiger partial charge in [0.2, 0.25) is 0 Å². The fourth-order valence-corrected chi connectivity index (χ4v) is 2.48. The van der Waals surface area contributed by atoms with Crippen LogP contribution < -0.4 is 4.74 Å². The summed E-state index contributed by atoms with van der Waals surface area (Å²) >= 11 is 1.43. The number of aliphatic hydroxyl groups excluding tert-OH is 1. The van der Waals surface area contributed by atoms with Crippen molar-refractivity contribution in [2.45, 2.75) is 23.5 Å². The maximum atomic E-state index is 11.1. The first-order valence-electron chi connectivity index (χ1n) is 5.27. The van der Waals surface area contributed by atoms with E-state index in [4.69, 9.17) is 14.9 Å². The molecule has 2 N–H and O–H groups in total. The number of aliphatic hydroxyl groups is 1. The summed E-state index contributed by atoms with van der Waals surface area (Å²) in [6.45, 7) is 2.05. The minimum atomic E-state index is -0.952. The number of benzene rings is 1. The first kappa shape index (κ1) is 13.9. The molecule has 1 unspecified atom stereocenters. The smallest absolute Gasteiger partial charge is 0.336 e. The molecular formula is C12H16O4S. The van der Waals surface area contributed by atoms with E-state index in [0.717, 1.165) is 0 Å². The van der Waals surface area contributed by atoms with Crippen molar-refractivity contribution in [3.05, 3.63) is 23.8 Å². The Bertz CT molecular complexity index is 392. The number of methoxy groups -OCH3 is 1. The van der Waals surface area contributed by atoms with Gasteiger partial charge >= 0.3 is 5.97 Å². The van der Waals surface area contributed by atoms with Gasteiger partial charge in [-0.3, -0.25) is 0 Å². The van der Waals surface area contributed by atoms with Crippen LogP contribution in [0.4, 0.5) is 0 Å². The van der Waals surface area contributed by atoms with Crippen LogP contribution in [-0.4, -0.2) is 35.1 Å². The lowest BCUT2D eigenvalue weighted by atomic mass is 10.2.